The molecular formula is C14H13. The molecule has 0 heterocycles. The van der Waals surface area contributed by atoms with Crippen LogP contribution in [0.25, 0.3) is 11.1 Å². The molecule has 14 heavy (non-hydrogen) atoms. The molecule has 1 radical (unpaired) electrons. The number of hydrogen-bond donors (Lipinski definition) is 0. The van der Waals surface area contributed by atoms with Gasteiger partial charge in [-0.05, 0) is 42.2 Å². The van der Waals surface area contributed by atoms with Crippen molar-refractivity contribution in [3.05, 3.63) is 59.7 Å². The molecule has 0 N–H and O–H groups in total. The molecule has 0 saturated heterocycles. The third kappa shape index (κ3) is 1.56. The van der Waals surface area contributed by atoms with Gasteiger partial charge >= 0.3 is 0 Å². The first-order valence-electron chi connectivity index (χ1n) is 4.82. The standard InChI is InChI=1S/C14H13/c1-11-7-3-5-9-13(11)14-10-6-4-8-12(14)2/h3,5-10H,1-2H3. The average Bonchev–Trinajstić information content (AvgIpc) is 2.20. The zero-order chi connectivity index (χ0) is 9.97. The van der Waals surface area contributed by atoms with Gasteiger partial charge in [-0.2, -0.15) is 0 Å². The van der Waals surface area contributed by atoms with E-state index in [4.69, 9.17) is 0 Å². The van der Waals surface area contributed by atoms with Crippen molar-refractivity contribution in [2.24, 2.45) is 0 Å². The first-order chi connectivity index (χ1) is 6.79. The quantitative estimate of drug-likeness (QED) is 0.628. The Kier molecular flexibility index (Phi) is 2.36. The largest absolute Gasteiger partial charge is 0.0620 e. The van der Waals surface area contributed by atoms with Gasteiger partial charge in [0.05, 0.1) is 0 Å². The van der Waals surface area contributed by atoms with Crippen molar-refractivity contribution in [3.8, 4) is 11.1 Å². The zero-order valence-corrected chi connectivity index (χ0v) is 8.54. The number of hydrogen-bond acceptors (Lipinski definition) is 0. The molecular weight excluding hydrogens is 168 g/mol. The Balaban J connectivity index is 2.61. The topological polar surface area (TPSA) is 0 Å². The predicted octanol–water partition coefficient (Wildman–Crippen LogP) is 3.77. The molecule has 0 unspecified atom stereocenters. The summed E-state index contributed by atoms with van der Waals surface area (Å²) in [6.45, 7) is 4.27. The molecule has 0 aromatic heterocycles. The van der Waals surface area contributed by atoms with Crippen LogP contribution in [0.5, 0.6) is 0 Å². The summed E-state index contributed by atoms with van der Waals surface area (Å²) in [6, 6.07) is 17.7. The van der Waals surface area contributed by atoms with Crippen molar-refractivity contribution in [1.82, 2.24) is 0 Å². The first kappa shape index (κ1) is 9.01. The van der Waals surface area contributed by atoms with Gasteiger partial charge < -0.3 is 0 Å². The van der Waals surface area contributed by atoms with E-state index in [1.165, 1.54) is 22.3 Å². The van der Waals surface area contributed by atoms with Crippen LogP contribution in [-0.2, 0) is 0 Å². The van der Waals surface area contributed by atoms with E-state index in [1.54, 1.807) is 0 Å². The molecule has 2 aromatic carbocycles. The molecule has 0 spiro atoms. The van der Waals surface area contributed by atoms with Gasteiger partial charge in [-0.3, -0.25) is 0 Å². The Morgan fingerprint density at radius 2 is 1.57 bits per heavy atom. The Hall–Kier alpha value is -1.56. The summed E-state index contributed by atoms with van der Waals surface area (Å²) in [5, 5.41) is 0. The van der Waals surface area contributed by atoms with Crippen LogP contribution in [0.4, 0.5) is 0 Å². The Labute approximate surface area is 85.2 Å². The Bertz CT molecular complexity index is 398. The second kappa shape index (κ2) is 3.67. The molecule has 0 bridgehead atoms. The van der Waals surface area contributed by atoms with E-state index in [9.17, 15) is 0 Å². The van der Waals surface area contributed by atoms with Crippen molar-refractivity contribution in [3.63, 3.8) is 0 Å². The Morgan fingerprint density at radius 3 is 2.29 bits per heavy atom. The van der Waals surface area contributed by atoms with Gasteiger partial charge in [-0.25, -0.2) is 0 Å². The normalized spacial score (nSPS) is 10.1. The van der Waals surface area contributed by atoms with Gasteiger partial charge in [0.25, 0.3) is 0 Å². The fourth-order valence-corrected chi connectivity index (χ4v) is 1.69. The van der Waals surface area contributed by atoms with Gasteiger partial charge in [0, 0.05) is 0 Å². The highest BCUT2D eigenvalue weighted by Gasteiger charge is 2.02. The summed E-state index contributed by atoms with van der Waals surface area (Å²) in [4.78, 5) is 0. The zero-order valence-electron chi connectivity index (χ0n) is 8.54. The van der Waals surface area contributed by atoms with E-state index in [2.05, 4.69) is 50.2 Å². The van der Waals surface area contributed by atoms with Gasteiger partial charge in [-0.15, -0.1) is 0 Å². The van der Waals surface area contributed by atoms with Crippen molar-refractivity contribution in [2.75, 3.05) is 0 Å². The van der Waals surface area contributed by atoms with Crippen LogP contribution in [0.2, 0.25) is 0 Å². The van der Waals surface area contributed by atoms with Crippen LogP contribution < -0.4 is 0 Å². The van der Waals surface area contributed by atoms with Crippen LogP contribution in [0.15, 0.2) is 42.5 Å². The molecule has 2 aromatic rings. The molecule has 0 aliphatic carbocycles. The van der Waals surface area contributed by atoms with Crippen molar-refractivity contribution in [1.29, 1.82) is 0 Å². The van der Waals surface area contributed by atoms with Crippen LogP contribution in [0.3, 0.4) is 0 Å². The third-order valence-corrected chi connectivity index (χ3v) is 2.51. The summed E-state index contributed by atoms with van der Waals surface area (Å²) in [5.41, 5.74) is 5.23. The molecule has 0 amide bonds. The van der Waals surface area contributed by atoms with Gasteiger partial charge in [-0.1, -0.05) is 42.5 Å². The lowest BCUT2D eigenvalue weighted by Gasteiger charge is -2.08. The molecule has 0 fully saturated rings. The molecule has 0 aliphatic heterocycles. The summed E-state index contributed by atoms with van der Waals surface area (Å²) >= 11 is 0. The summed E-state index contributed by atoms with van der Waals surface area (Å²) < 4.78 is 0. The molecule has 2 rings (SSSR count). The third-order valence-electron chi connectivity index (χ3n) is 2.51. The highest BCUT2D eigenvalue weighted by Crippen LogP contribution is 2.25. The monoisotopic (exact) mass is 181 g/mol. The second-order valence-corrected chi connectivity index (χ2v) is 3.56. The number of rotatable bonds is 1. The van der Waals surface area contributed by atoms with E-state index in [-0.39, 0.29) is 0 Å². The lowest BCUT2D eigenvalue weighted by Crippen LogP contribution is -1.85. The van der Waals surface area contributed by atoms with E-state index < -0.39 is 0 Å². The van der Waals surface area contributed by atoms with Crippen LogP contribution >= 0.6 is 0 Å². The maximum Gasteiger partial charge on any atom is -0.0152 e. The maximum absolute atomic E-state index is 3.09. The predicted molar refractivity (Wildman–Crippen MR) is 60.2 cm³/mol. The SMILES string of the molecule is Cc1c[c]ccc1-c1ccccc1C. The van der Waals surface area contributed by atoms with E-state index >= 15 is 0 Å². The van der Waals surface area contributed by atoms with E-state index in [0.717, 1.165) is 0 Å². The van der Waals surface area contributed by atoms with Crippen LogP contribution in [0.1, 0.15) is 11.1 Å². The molecule has 0 nitrogen and oxygen atoms in total. The fraction of sp³-hybridized carbons (Fsp3) is 0.143. The van der Waals surface area contributed by atoms with E-state index in [0.29, 0.717) is 0 Å². The number of aryl methyl sites for hydroxylation is 2. The fourth-order valence-electron chi connectivity index (χ4n) is 1.69. The highest BCUT2D eigenvalue weighted by molar-refractivity contribution is 5.69. The Morgan fingerprint density at radius 1 is 0.857 bits per heavy atom. The van der Waals surface area contributed by atoms with Crippen molar-refractivity contribution < 1.29 is 0 Å². The maximum atomic E-state index is 3.09. The molecule has 0 heteroatoms. The molecule has 0 saturated carbocycles. The van der Waals surface area contributed by atoms with Gasteiger partial charge in [0.1, 0.15) is 0 Å². The summed E-state index contributed by atoms with van der Waals surface area (Å²) in [6.07, 6.45) is 0. The number of benzene rings is 2. The van der Waals surface area contributed by atoms with Gasteiger partial charge in [0.15, 0.2) is 0 Å². The lowest BCUT2D eigenvalue weighted by atomic mass is 9.97. The highest BCUT2D eigenvalue weighted by atomic mass is 14.1. The minimum atomic E-state index is 1.28. The molecule has 0 aliphatic rings. The summed E-state index contributed by atoms with van der Waals surface area (Å²) in [5.74, 6) is 0. The van der Waals surface area contributed by atoms with Gasteiger partial charge in [0.2, 0.25) is 0 Å². The minimum absolute atomic E-state index is 1.28. The molecule has 69 valence electrons. The van der Waals surface area contributed by atoms with Crippen LogP contribution in [-0.4, -0.2) is 0 Å². The minimum Gasteiger partial charge on any atom is -0.0620 e. The van der Waals surface area contributed by atoms with Crippen molar-refractivity contribution in [2.45, 2.75) is 13.8 Å². The molecule has 0 atom stereocenters. The van der Waals surface area contributed by atoms with Crippen LogP contribution in [0, 0.1) is 19.9 Å². The smallest absolute Gasteiger partial charge is 0.0152 e. The summed E-state index contributed by atoms with van der Waals surface area (Å²) in [7, 11) is 0. The van der Waals surface area contributed by atoms with Crippen molar-refractivity contribution >= 4 is 0 Å². The average molecular weight is 181 g/mol. The lowest BCUT2D eigenvalue weighted by molar-refractivity contribution is 1.41. The first-order valence-corrected chi connectivity index (χ1v) is 4.82. The van der Waals surface area contributed by atoms with E-state index in [1.807, 2.05) is 12.1 Å². The second-order valence-electron chi connectivity index (χ2n) is 3.56.